The van der Waals surface area contributed by atoms with Crippen molar-refractivity contribution in [2.75, 3.05) is 57.3 Å². The van der Waals surface area contributed by atoms with Crippen molar-refractivity contribution in [3.63, 3.8) is 0 Å². The Bertz CT molecular complexity index is 1440. The van der Waals surface area contributed by atoms with Gasteiger partial charge >= 0.3 is 0 Å². The summed E-state index contributed by atoms with van der Waals surface area (Å²) in [7, 11) is -3.78. The van der Waals surface area contributed by atoms with Gasteiger partial charge in [-0.05, 0) is 61.2 Å². The highest BCUT2D eigenvalue weighted by molar-refractivity contribution is 7.89. The zero-order valence-electron chi connectivity index (χ0n) is 23.2. The summed E-state index contributed by atoms with van der Waals surface area (Å²) >= 11 is 6.11. The second-order valence-corrected chi connectivity index (χ2v) is 13.1. The van der Waals surface area contributed by atoms with Crippen LogP contribution in [0.15, 0.2) is 77.7 Å². The molecule has 7 nitrogen and oxygen atoms in total. The van der Waals surface area contributed by atoms with E-state index in [-0.39, 0.29) is 17.3 Å². The summed E-state index contributed by atoms with van der Waals surface area (Å²) < 4.78 is 28.5. The third kappa shape index (κ3) is 6.36. The molecule has 3 aromatic carbocycles. The number of rotatable bonds is 7. The number of nitrogens with zero attached hydrogens (tertiary/aromatic N) is 4. The predicted molar refractivity (Wildman–Crippen MR) is 160 cm³/mol. The summed E-state index contributed by atoms with van der Waals surface area (Å²) in [5.74, 6) is -0.000306. The molecule has 0 aliphatic carbocycles. The SMILES string of the molecule is Cc1ccc(C)c(N2CCN(C(=O)C3CN(S(=O)(=O)c4cccc(Cl)c4)CCN3CCc3ccccc3)CC2)c1. The average molecular weight is 581 g/mol. The van der Waals surface area contributed by atoms with E-state index in [0.29, 0.717) is 37.7 Å². The molecule has 0 spiro atoms. The van der Waals surface area contributed by atoms with E-state index in [2.05, 4.69) is 54.0 Å². The third-order valence-corrected chi connectivity index (χ3v) is 10.1. The van der Waals surface area contributed by atoms with Gasteiger partial charge in [-0.3, -0.25) is 9.69 Å². The molecule has 0 N–H and O–H groups in total. The number of hydrogen-bond donors (Lipinski definition) is 0. The van der Waals surface area contributed by atoms with E-state index in [4.69, 9.17) is 11.6 Å². The molecule has 5 rings (SSSR count). The Kier molecular flexibility index (Phi) is 8.80. The molecule has 0 saturated carbocycles. The number of amides is 1. The van der Waals surface area contributed by atoms with Gasteiger partial charge < -0.3 is 9.80 Å². The summed E-state index contributed by atoms with van der Waals surface area (Å²) in [6, 6.07) is 22.5. The number of carbonyl (C=O) groups is 1. The van der Waals surface area contributed by atoms with Crippen LogP contribution in [0, 0.1) is 13.8 Å². The van der Waals surface area contributed by atoms with Crippen molar-refractivity contribution in [3.8, 4) is 0 Å². The molecule has 1 amide bonds. The standard InChI is InChI=1S/C31H37ClN4O3S/c1-24-11-12-25(2)29(21-24)34-15-17-35(18-16-34)31(37)30-23-36(40(38,39)28-10-6-9-27(32)22-28)20-19-33(30)14-13-26-7-4-3-5-8-26/h3-12,21-22,30H,13-20,23H2,1-2H3. The predicted octanol–water partition coefficient (Wildman–Crippen LogP) is 4.22. The Hall–Kier alpha value is -2.91. The van der Waals surface area contributed by atoms with Crippen molar-refractivity contribution >= 4 is 33.2 Å². The van der Waals surface area contributed by atoms with Gasteiger partial charge in [0.2, 0.25) is 15.9 Å². The summed E-state index contributed by atoms with van der Waals surface area (Å²) in [4.78, 5) is 20.6. The van der Waals surface area contributed by atoms with Gasteiger partial charge in [-0.15, -0.1) is 0 Å². The highest BCUT2D eigenvalue weighted by Gasteiger charge is 2.40. The maximum absolute atomic E-state index is 14.0. The van der Waals surface area contributed by atoms with E-state index in [1.54, 1.807) is 18.2 Å². The number of benzene rings is 3. The van der Waals surface area contributed by atoms with Gasteiger partial charge in [-0.25, -0.2) is 8.42 Å². The lowest BCUT2D eigenvalue weighted by molar-refractivity contribution is -0.138. The van der Waals surface area contributed by atoms with Crippen molar-refractivity contribution in [1.29, 1.82) is 0 Å². The largest absolute Gasteiger partial charge is 0.368 e. The van der Waals surface area contributed by atoms with Gasteiger partial charge in [0.25, 0.3) is 0 Å². The minimum atomic E-state index is -3.78. The molecule has 2 fully saturated rings. The van der Waals surface area contributed by atoms with E-state index < -0.39 is 16.1 Å². The number of sulfonamides is 1. The fourth-order valence-electron chi connectivity index (χ4n) is 5.65. The monoisotopic (exact) mass is 580 g/mol. The molecule has 1 atom stereocenters. The van der Waals surface area contributed by atoms with Crippen molar-refractivity contribution in [3.05, 3.63) is 94.5 Å². The number of piperazine rings is 2. The molecule has 2 aliphatic rings. The van der Waals surface area contributed by atoms with Crippen LogP contribution in [0.1, 0.15) is 16.7 Å². The number of aryl methyl sites for hydroxylation is 2. The maximum Gasteiger partial charge on any atom is 0.243 e. The van der Waals surface area contributed by atoms with Gasteiger partial charge in [-0.1, -0.05) is 60.1 Å². The number of anilines is 1. The number of carbonyl (C=O) groups excluding carboxylic acids is 1. The molecular formula is C31H37ClN4O3S. The molecule has 40 heavy (non-hydrogen) atoms. The molecule has 0 bridgehead atoms. The van der Waals surface area contributed by atoms with Crippen molar-refractivity contribution < 1.29 is 13.2 Å². The first kappa shape index (κ1) is 28.6. The van der Waals surface area contributed by atoms with Crippen LogP contribution in [0.25, 0.3) is 0 Å². The van der Waals surface area contributed by atoms with E-state index >= 15 is 0 Å². The number of halogens is 1. The van der Waals surface area contributed by atoms with Crippen LogP contribution in [0.3, 0.4) is 0 Å². The molecule has 2 heterocycles. The Balaban J connectivity index is 1.33. The average Bonchev–Trinajstić information content (AvgIpc) is 2.97. The molecule has 2 saturated heterocycles. The molecule has 3 aromatic rings. The van der Waals surface area contributed by atoms with Crippen LogP contribution >= 0.6 is 11.6 Å². The number of hydrogen-bond acceptors (Lipinski definition) is 5. The zero-order valence-corrected chi connectivity index (χ0v) is 24.7. The zero-order chi connectivity index (χ0) is 28.3. The molecule has 1 unspecified atom stereocenters. The maximum atomic E-state index is 14.0. The minimum Gasteiger partial charge on any atom is -0.368 e. The van der Waals surface area contributed by atoms with Gasteiger partial charge in [0.1, 0.15) is 6.04 Å². The first-order valence-corrected chi connectivity index (χ1v) is 15.7. The van der Waals surface area contributed by atoms with Gasteiger partial charge in [0.15, 0.2) is 0 Å². The normalized spacial score (nSPS) is 19.1. The molecule has 0 aromatic heterocycles. The Labute approximate surface area is 243 Å². The van der Waals surface area contributed by atoms with Crippen LogP contribution in [0.5, 0.6) is 0 Å². The van der Waals surface area contributed by atoms with E-state index in [0.717, 1.165) is 19.5 Å². The molecule has 9 heteroatoms. The smallest absolute Gasteiger partial charge is 0.243 e. The summed E-state index contributed by atoms with van der Waals surface area (Å²) in [5.41, 5.74) is 4.86. The van der Waals surface area contributed by atoms with Crippen LogP contribution in [0.2, 0.25) is 5.02 Å². The van der Waals surface area contributed by atoms with Crippen LogP contribution in [0.4, 0.5) is 5.69 Å². The molecule has 212 valence electrons. The highest BCUT2D eigenvalue weighted by atomic mass is 35.5. The van der Waals surface area contributed by atoms with Crippen LogP contribution < -0.4 is 4.90 Å². The topological polar surface area (TPSA) is 64.2 Å². The summed E-state index contributed by atoms with van der Waals surface area (Å²) in [6.45, 7) is 8.56. The minimum absolute atomic E-state index is 0.000306. The Morgan fingerprint density at radius 3 is 2.35 bits per heavy atom. The van der Waals surface area contributed by atoms with Gasteiger partial charge in [-0.2, -0.15) is 4.31 Å². The lowest BCUT2D eigenvalue weighted by atomic mass is 10.1. The lowest BCUT2D eigenvalue weighted by Gasteiger charge is -2.44. The van der Waals surface area contributed by atoms with Crippen molar-refractivity contribution in [2.24, 2.45) is 0 Å². The fourth-order valence-corrected chi connectivity index (χ4v) is 7.39. The van der Waals surface area contributed by atoms with Crippen LogP contribution in [-0.2, 0) is 21.2 Å². The van der Waals surface area contributed by atoms with Gasteiger partial charge in [0, 0.05) is 63.1 Å². The molecule has 2 aliphatic heterocycles. The Morgan fingerprint density at radius 2 is 1.62 bits per heavy atom. The second-order valence-electron chi connectivity index (χ2n) is 10.7. The van der Waals surface area contributed by atoms with E-state index in [1.807, 2.05) is 23.1 Å². The van der Waals surface area contributed by atoms with E-state index in [9.17, 15) is 13.2 Å². The van der Waals surface area contributed by atoms with Crippen molar-refractivity contribution in [1.82, 2.24) is 14.1 Å². The van der Waals surface area contributed by atoms with Crippen LogP contribution in [-0.4, -0.2) is 86.8 Å². The second kappa shape index (κ2) is 12.3. The lowest BCUT2D eigenvalue weighted by Crippen LogP contribution is -2.62. The fraction of sp³-hybridized carbons (Fsp3) is 0.387. The quantitative estimate of drug-likeness (QED) is 0.419. The molecular weight excluding hydrogens is 544 g/mol. The Morgan fingerprint density at radius 1 is 0.875 bits per heavy atom. The summed E-state index contributed by atoms with van der Waals surface area (Å²) in [6.07, 6.45) is 0.798. The highest BCUT2D eigenvalue weighted by Crippen LogP contribution is 2.26. The first-order valence-electron chi connectivity index (χ1n) is 13.9. The molecule has 0 radical (unpaired) electrons. The van der Waals surface area contributed by atoms with E-state index in [1.165, 1.54) is 32.7 Å². The third-order valence-electron chi connectivity index (χ3n) is 8.00. The van der Waals surface area contributed by atoms with Crippen molar-refractivity contribution in [2.45, 2.75) is 31.2 Å². The van der Waals surface area contributed by atoms with Gasteiger partial charge in [0.05, 0.1) is 4.90 Å². The first-order chi connectivity index (χ1) is 19.2. The summed E-state index contributed by atoms with van der Waals surface area (Å²) in [5, 5.41) is 0.372.